The molecule has 1 spiro atoms. The molecule has 0 bridgehead atoms. The molecule has 2 fully saturated rings. The minimum Gasteiger partial charge on any atom is -0.412 e. The molecule has 1 aliphatic heterocycles. The van der Waals surface area contributed by atoms with Crippen molar-refractivity contribution in [1.29, 1.82) is 0 Å². The van der Waals surface area contributed by atoms with Crippen LogP contribution in [-0.2, 0) is 18.7 Å². The highest BCUT2D eigenvalue weighted by molar-refractivity contribution is 6.74. The number of amides is 1. The monoisotopic (exact) mass is 587 g/mol. The topological polar surface area (TPSA) is 63.3 Å². The van der Waals surface area contributed by atoms with Crippen LogP contribution >= 0.6 is 23.2 Å². The quantitative estimate of drug-likeness (QED) is 0.221. The third-order valence-corrected chi connectivity index (χ3v) is 13.9. The minimum absolute atomic E-state index is 0.0233. The number of ether oxygens (including phenoxy) is 2. The Labute approximate surface area is 240 Å². The van der Waals surface area contributed by atoms with E-state index in [4.69, 9.17) is 37.1 Å². The van der Waals surface area contributed by atoms with Crippen LogP contribution in [0.4, 0.5) is 5.69 Å². The average molecular weight is 589 g/mol. The summed E-state index contributed by atoms with van der Waals surface area (Å²) in [7, 11) is 1.35. The Morgan fingerprint density at radius 3 is 2.45 bits per heavy atom. The number of anilines is 1. The van der Waals surface area contributed by atoms with Crippen LogP contribution in [0.3, 0.4) is 0 Å². The molecule has 3 rings (SSSR count). The van der Waals surface area contributed by atoms with Gasteiger partial charge in [-0.15, -0.1) is 0 Å². The molecule has 1 amide bonds. The van der Waals surface area contributed by atoms with E-state index in [-0.39, 0.29) is 17.5 Å². The molecule has 1 saturated heterocycles. The smallest absolute Gasteiger partial charge is 0.242 e. The van der Waals surface area contributed by atoms with Gasteiger partial charge in [0.15, 0.2) is 14.6 Å². The van der Waals surface area contributed by atoms with Crippen molar-refractivity contribution in [1.82, 2.24) is 9.80 Å². The number of hydrogen-bond donors (Lipinski definition) is 1. The van der Waals surface area contributed by atoms with Crippen molar-refractivity contribution in [2.75, 3.05) is 58.8 Å². The second-order valence-corrected chi connectivity index (χ2v) is 17.9. The third-order valence-electron chi connectivity index (χ3n) is 8.68. The number of methoxy groups -OCH3 is 2. The molecule has 216 valence electrons. The molecule has 1 N–H and O–H groups in total. The summed E-state index contributed by atoms with van der Waals surface area (Å²) in [5.41, 5.74) is 1.15. The normalized spacial score (nSPS) is 19.7. The molecular formula is C28H47Cl2N3O4Si. The van der Waals surface area contributed by atoms with Crippen molar-refractivity contribution in [3.63, 3.8) is 0 Å². The van der Waals surface area contributed by atoms with Gasteiger partial charge in [0.25, 0.3) is 0 Å². The molecule has 1 aromatic carbocycles. The van der Waals surface area contributed by atoms with Gasteiger partial charge in [0, 0.05) is 33.0 Å². The molecule has 7 nitrogen and oxygen atoms in total. The molecule has 10 heteroatoms. The minimum atomic E-state index is -1.84. The number of benzene rings is 1. The standard InChI is InChI=1S/C28H47Cl2N3O4Si/c1-27(2,3)38(6,7)37-24-19-32(16-13-28(24)11-12-28)14-8-15-33(20-26(35-4)36-5)25(34)18-31-21-9-10-22(29)23(30)17-21/h9-10,17,24,26,31H,8,11-16,18-20H2,1-7H3. The first kappa shape index (κ1) is 31.7. The summed E-state index contributed by atoms with van der Waals surface area (Å²) in [6, 6.07) is 5.25. The van der Waals surface area contributed by atoms with E-state index in [2.05, 4.69) is 44.1 Å². The van der Waals surface area contributed by atoms with Crippen LogP contribution in [0.25, 0.3) is 0 Å². The van der Waals surface area contributed by atoms with E-state index < -0.39 is 14.6 Å². The number of halogens is 2. The summed E-state index contributed by atoms with van der Waals surface area (Å²) in [6.45, 7) is 15.8. The Balaban J connectivity index is 1.56. The van der Waals surface area contributed by atoms with Gasteiger partial charge in [0.1, 0.15) is 0 Å². The summed E-state index contributed by atoms with van der Waals surface area (Å²) in [5.74, 6) is -0.0233. The van der Waals surface area contributed by atoms with E-state index in [9.17, 15) is 4.79 Å². The van der Waals surface area contributed by atoms with Gasteiger partial charge in [0.2, 0.25) is 5.91 Å². The summed E-state index contributed by atoms with van der Waals surface area (Å²) in [5, 5.41) is 4.29. The Morgan fingerprint density at radius 2 is 1.87 bits per heavy atom. The maximum atomic E-state index is 13.2. The highest BCUT2D eigenvalue weighted by atomic mass is 35.5. The zero-order valence-electron chi connectivity index (χ0n) is 24.2. The number of piperidine rings is 1. The zero-order chi connectivity index (χ0) is 28.1. The first-order chi connectivity index (χ1) is 17.8. The SMILES string of the molecule is COC(CN(CCCN1CCC2(CC2)C(O[Si](C)(C)C(C)(C)C)C1)C(=O)CNc1ccc(Cl)c(Cl)c1)OC. The van der Waals surface area contributed by atoms with E-state index in [0.717, 1.165) is 31.7 Å². The maximum Gasteiger partial charge on any atom is 0.242 e. The second-order valence-electron chi connectivity index (χ2n) is 12.4. The van der Waals surface area contributed by atoms with Gasteiger partial charge < -0.3 is 29.0 Å². The fourth-order valence-corrected chi connectivity index (χ4v) is 6.50. The van der Waals surface area contributed by atoms with Gasteiger partial charge in [0.05, 0.1) is 29.2 Å². The first-order valence-corrected chi connectivity index (χ1v) is 17.4. The molecule has 0 aromatic heterocycles. The van der Waals surface area contributed by atoms with Crippen molar-refractivity contribution in [3.8, 4) is 0 Å². The van der Waals surface area contributed by atoms with Crippen LogP contribution in [-0.4, -0.2) is 89.9 Å². The predicted molar refractivity (Wildman–Crippen MR) is 159 cm³/mol. The Hall–Kier alpha value is -0.873. The van der Waals surface area contributed by atoms with Gasteiger partial charge in [-0.05, 0) is 80.5 Å². The second kappa shape index (κ2) is 13.2. The molecule has 1 aromatic rings. The molecule has 1 saturated carbocycles. The Morgan fingerprint density at radius 1 is 1.18 bits per heavy atom. The van der Waals surface area contributed by atoms with E-state index in [0.29, 0.717) is 34.7 Å². The number of likely N-dealkylation sites (tertiary alicyclic amines) is 1. The number of carbonyl (C=O) groups excluding carboxylic acids is 1. The summed E-state index contributed by atoms with van der Waals surface area (Å²) < 4.78 is 17.8. The summed E-state index contributed by atoms with van der Waals surface area (Å²) in [6.07, 6.45) is 4.51. The van der Waals surface area contributed by atoms with Gasteiger partial charge in [-0.1, -0.05) is 44.0 Å². The predicted octanol–water partition coefficient (Wildman–Crippen LogP) is 6.12. The van der Waals surface area contributed by atoms with Crippen LogP contribution in [0.1, 0.15) is 46.5 Å². The molecule has 38 heavy (non-hydrogen) atoms. The Kier molecular flexibility index (Phi) is 11.0. The largest absolute Gasteiger partial charge is 0.412 e. The summed E-state index contributed by atoms with van der Waals surface area (Å²) in [4.78, 5) is 17.5. The van der Waals surface area contributed by atoms with Crippen molar-refractivity contribution >= 4 is 43.1 Å². The first-order valence-electron chi connectivity index (χ1n) is 13.7. The van der Waals surface area contributed by atoms with Crippen molar-refractivity contribution in [3.05, 3.63) is 28.2 Å². The van der Waals surface area contributed by atoms with Gasteiger partial charge in [-0.2, -0.15) is 0 Å². The molecule has 1 atom stereocenters. The van der Waals surface area contributed by atoms with E-state index in [1.165, 1.54) is 19.3 Å². The van der Waals surface area contributed by atoms with Gasteiger partial charge in [-0.3, -0.25) is 4.79 Å². The van der Waals surface area contributed by atoms with E-state index >= 15 is 0 Å². The lowest BCUT2D eigenvalue weighted by atomic mass is 9.90. The maximum absolute atomic E-state index is 13.2. The number of carbonyl (C=O) groups is 1. The highest BCUT2D eigenvalue weighted by Gasteiger charge is 2.54. The number of hydrogen-bond acceptors (Lipinski definition) is 6. The number of nitrogens with one attached hydrogen (secondary N) is 1. The molecular weight excluding hydrogens is 541 g/mol. The number of rotatable bonds is 13. The molecule has 1 unspecified atom stereocenters. The Bertz CT molecular complexity index is 935. The third kappa shape index (κ3) is 8.32. The van der Waals surface area contributed by atoms with Crippen LogP contribution in [0, 0.1) is 5.41 Å². The lowest BCUT2D eigenvalue weighted by Crippen LogP contribution is -2.53. The molecule has 1 heterocycles. The fourth-order valence-electron chi connectivity index (χ4n) is 4.82. The van der Waals surface area contributed by atoms with Gasteiger partial charge in [-0.25, -0.2) is 0 Å². The summed E-state index contributed by atoms with van der Waals surface area (Å²) >= 11 is 12.1. The lowest BCUT2D eigenvalue weighted by Gasteiger charge is -2.46. The van der Waals surface area contributed by atoms with Crippen molar-refractivity contribution in [2.24, 2.45) is 5.41 Å². The fraction of sp³-hybridized carbons (Fsp3) is 0.750. The van der Waals surface area contributed by atoms with Crippen LogP contribution in [0.2, 0.25) is 28.2 Å². The lowest BCUT2D eigenvalue weighted by molar-refractivity contribution is -0.144. The van der Waals surface area contributed by atoms with Crippen molar-refractivity contribution in [2.45, 2.75) is 77.0 Å². The van der Waals surface area contributed by atoms with E-state index in [1.807, 2.05) is 11.0 Å². The van der Waals surface area contributed by atoms with Crippen LogP contribution in [0.5, 0.6) is 0 Å². The highest BCUT2D eigenvalue weighted by Crippen LogP contribution is 2.56. The number of nitrogens with zero attached hydrogens (tertiary/aromatic N) is 2. The van der Waals surface area contributed by atoms with Gasteiger partial charge >= 0.3 is 0 Å². The van der Waals surface area contributed by atoms with Crippen LogP contribution in [0.15, 0.2) is 18.2 Å². The average Bonchev–Trinajstić information content (AvgIpc) is 3.63. The molecule has 0 radical (unpaired) electrons. The molecule has 1 aliphatic carbocycles. The van der Waals surface area contributed by atoms with E-state index in [1.54, 1.807) is 26.4 Å². The van der Waals surface area contributed by atoms with Crippen molar-refractivity contribution < 1.29 is 18.7 Å². The van der Waals surface area contributed by atoms with Crippen LogP contribution < -0.4 is 5.32 Å². The molecule has 2 aliphatic rings. The zero-order valence-corrected chi connectivity index (χ0v) is 26.8.